The summed E-state index contributed by atoms with van der Waals surface area (Å²) in [5.41, 5.74) is 0. The van der Waals surface area contributed by atoms with Crippen molar-refractivity contribution in [3.05, 3.63) is 0 Å². The Balaban J connectivity index is 2.06. The molecule has 5 nitrogen and oxygen atoms in total. The first-order valence-electron chi connectivity index (χ1n) is 10.5. The van der Waals surface area contributed by atoms with E-state index in [-0.39, 0.29) is 25.1 Å². The predicted molar refractivity (Wildman–Crippen MR) is 102 cm³/mol. The number of hydrogen-bond acceptors (Lipinski definition) is 4. The number of aliphatic hydroxyl groups is 2. The monoisotopic (exact) mass is 356 g/mol. The minimum absolute atomic E-state index is 0.0516. The summed E-state index contributed by atoms with van der Waals surface area (Å²) in [6.45, 7) is 2.95. The van der Waals surface area contributed by atoms with Crippen LogP contribution in [-0.4, -0.2) is 48.0 Å². The highest BCUT2D eigenvalue weighted by atomic mass is 16.3. The molecule has 0 unspecified atom stereocenters. The molecular formula is C20H40N2O3. The van der Waals surface area contributed by atoms with Gasteiger partial charge in [0.05, 0.1) is 18.8 Å². The van der Waals surface area contributed by atoms with Crippen LogP contribution in [0.3, 0.4) is 0 Å². The van der Waals surface area contributed by atoms with E-state index < -0.39 is 6.10 Å². The number of piperidine rings is 1. The third-order valence-electron chi connectivity index (χ3n) is 5.27. The lowest BCUT2D eigenvalue weighted by atomic mass is 9.87. The van der Waals surface area contributed by atoms with Crippen molar-refractivity contribution in [3.8, 4) is 0 Å². The third-order valence-corrected chi connectivity index (χ3v) is 5.27. The fourth-order valence-electron chi connectivity index (χ4n) is 3.61. The summed E-state index contributed by atoms with van der Waals surface area (Å²) in [7, 11) is 0. The van der Waals surface area contributed by atoms with Crippen molar-refractivity contribution in [2.45, 2.75) is 96.1 Å². The number of carbonyl (C=O) groups is 1. The first-order valence-corrected chi connectivity index (χ1v) is 10.5. The minimum atomic E-state index is -0.870. The fraction of sp³-hybridized carbons (Fsp3) is 0.950. The number of aliphatic hydroxyl groups excluding tert-OH is 2. The van der Waals surface area contributed by atoms with Crippen LogP contribution in [0.25, 0.3) is 0 Å². The van der Waals surface area contributed by atoms with Crippen LogP contribution in [0.4, 0.5) is 0 Å². The quantitative estimate of drug-likeness (QED) is 0.361. The van der Waals surface area contributed by atoms with Crippen LogP contribution in [0, 0.1) is 5.92 Å². The van der Waals surface area contributed by atoms with Gasteiger partial charge in [-0.3, -0.25) is 4.79 Å². The van der Waals surface area contributed by atoms with Crippen molar-refractivity contribution in [3.63, 3.8) is 0 Å². The molecule has 0 radical (unpaired) electrons. The highest BCUT2D eigenvalue weighted by Crippen LogP contribution is 2.23. The smallest absolute Gasteiger partial charge is 0.237 e. The van der Waals surface area contributed by atoms with E-state index in [1.54, 1.807) is 0 Å². The van der Waals surface area contributed by atoms with Crippen molar-refractivity contribution >= 4 is 5.91 Å². The van der Waals surface area contributed by atoms with E-state index in [1.165, 1.54) is 64.2 Å². The molecule has 1 heterocycles. The van der Waals surface area contributed by atoms with Gasteiger partial charge in [0.1, 0.15) is 0 Å². The second-order valence-electron chi connectivity index (χ2n) is 7.60. The van der Waals surface area contributed by atoms with Gasteiger partial charge >= 0.3 is 0 Å². The summed E-state index contributed by atoms with van der Waals surface area (Å²) in [4.78, 5) is 12.1. The molecule has 0 saturated carbocycles. The van der Waals surface area contributed by atoms with Gasteiger partial charge in [0.25, 0.3) is 0 Å². The van der Waals surface area contributed by atoms with Gasteiger partial charge in [0.15, 0.2) is 0 Å². The zero-order valence-electron chi connectivity index (χ0n) is 16.1. The van der Waals surface area contributed by atoms with Crippen LogP contribution >= 0.6 is 0 Å². The Hall–Kier alpha value is -0.650. The average molecular weight is 357 g/mol. The SMILES string of the molecule is CCCCCCCCCCC[C@@H]1CCN[C@H](C(=O)NC[C@@H](O)CO)C1. The number of nitrogens with one attached hydrogen (secondary N) is 2. The van der Waals surface area contributed by atoms with Crippen LogP contribution in [0.2, 0.25) is 0 Å². The molecule has 0 bridgehead atoms. The maximum Gasteiger partial charge on any atom is 0.237 e. The molecule has 148 valence electrons. The number of amides is 1. The van der Waals surface area contributed by atoms with E-state index in [1.807, 2.05) is 0 Å². The summed E-state index contributed by atoms with van der Waals surface area (Å²) in [6, 6.07) is -0.150. The number of carbonyl (C=O) groups excluding carboxylic acids is 1. The van der Waals surface area contributed by atoms with Crippen LogP contribution in [0.15, 0.2) is 0 Å². The van der Waals surface area contributed by atoms with E-state index in [2.05, 4.69) is 17.6 Å². The molecule has 5 heteroatoms. The van der Waals surface area contributed by atoms with Gasteiger partial charge in [-0.25, -0.2) is 0 Å². The van der Waals surface area contributed by atoms with E-state index in [9.17, 15) is 9.90 Å². The molecule has 1 rings (SSSR count). The molecule has 1 saturated heterocycles. The Bertz CT molecular complexity index is 339. The van der Waals surface area contributed by atoms with Gasteiger partial charge in [0.2, 0.25) is 5.91 Å². The summed E-state index contributed by atoms with van der Waals surface area (Å²) >= 11 is 0. The van der Waals surface area contributed by atoms with Crippen LogP contribution in [0.5, 0.6) is 0 Å². The molecule has 1 fully saturated rings. The Morgan fingerprint density at radius 2 is 1.76 bits per heavy atom. The van der Waals surface area contributed by atoms with Gasteiger partial charge in [-0.1, -0.05) is 71.1 Å². The van der Waals surface area contributed by atoms with E-state index in [4.69, 9.17) is 5.11 Å². The molecule has 1 aliphatic heterocycles. The minimum Gasteiger partial charge on any atom is -0.394 e. The Morgan fingerprint density at radius 3 is 2.40 bits per heavy atom. The second kappa shape index (κ2) is 14.5. The van der Waals surface area contributed by atoms with Gasteiger partial charge in [-0.15, -0.1) is 0 Å². The lowest BCUT2D eigenvalue weighted by Crippen LogP contribution is -2.50. The molecule has 0 aromatic rings. The molecule has 1 aliphatic rings. The largest absolute Gasteiger partial charge is 0.394 e. The first-order chi connectivity index (χ1) is 12.2. The molecule has 25 heavy (non-hydrogen) atoms. The summed E-state index contributed by atoms with van der Waals surface area (Å²) in [6.07, 6.45) is 14.6. The number of hydrogen-bond donors (Lipinski definition) is 4. The molecular weight excluding hydrogens is 316 g/mol. The predicted octanol–water partition coefficient (Wildman–Crippen LogP) is 2.74. The van der Waals surface area contributed by atoms with E-state index >= 15 is 0 Å². The number of unbranched alkanes of at least 4 members (excludes halogenated alkanes) is 8. The zero-order valence-corrected chi connectivity index (χ0v) is 16.1. The van der Waals surface area contributed by atoms with E-state index in [0.717, 1.165) is 19.4 Å². The standard InChI is InChI=1S/C20H40N2O3/c1-2-3-4-5-6-7-8-9-10-11-17-12-13-21-19(14-17)20(25)22-15-18(24)16-23/h17-19,21,23-24H,2-16H2,1H3,(H,22,25)/t17-,18-,19+/m1/s1. The molecule has 1 amide bonds. The topological polar surface area (TPSA) is 81.6 Å². The Labute approximate surface area is 154 Å². The third kappa shape index (κ3) is 10.8. The lowest BCUT2D eigenvalue weighted by molar-refractivity contribution is -0.124. The molecule has 4 N–H and O–H groups in total. The van der Waals surface area contributed by atoms with Crippen LogP contribution in [0.1, 0.15) is 84.0 Å². The molecule has 3 atom stereocenters. The fourth-order valence-corrected chi connectivity index (χ4v) is 3.61. The Morgan fingerprint density at radius 1 is 1.12 bits per heavy atom. The normalized spacial score (nSPS) is 21.9. The lowest BCUT2D eigenvalue weighted by Gasteiger charge is -2.29. The highest BCUT2D eigenvalue weighted by Gasteiger charge is 2.26. The molecule has 0 aromatic carbocycles. The molecule has 0 spiro atoms. The van der Waals surface area contributed by atoms with Crippen LogP contribution in [-0.2, 0) is 4.79 Å². The Kier molecular flexibility index (Phi) is 13.0. The molecule has 0 aromatic heterocycles. The van der Waals surface area contributed by atoms with Crippen molar-refractivity contribution in [2.24, 2.45) is 5.92 Å². The summed E-state index contributed by atoms with van der Waals surface area (Å²) < 4.78 is 0. The average Bonchev–Trinajstić information content (AvgIpc) is 2.64. The summed E-state index contributed by atoms with van der Waals surface area (Å²) in [5.74, 6) is 0.577. The molecule has 0 aliphatic carbocycles. The van der Waals surface area contributed by atoms with Crippen LogP contribution < -0.4 is 10.6 Å². The highest BCUT2D eigenvalue weighted by molar-refractivity contribution is 5.81. The van der Waals surface area contributed by atoms with Gasteiger partial charge < -0.3 is 20.8 Å². The summed E-state index contributed by atoms with van der Waals surface area (Å²) in [5, 5.41) is 24.1. The van der Waals surface area contributed by atoms with E-state index in [0.29, 0.717) is 5.92 Å². The maximum atomic E-state index is 12.1. The van der Waals surface area contributed by atoms with Gasteiger partial charge in [0, 0.05) is 6.54 Å². The van der Waals surface area contributed by atoms with Crippen molar-refractivity contribution in [2.75, 3.05) is 19.7 Å². The first kappa shape index (κ1) is 22.4. The van der Waals surface area contributed by atoms with Crippen molar-refractivity contribution < 1.29 is 15.0 Å². The zero-order chi connectivity index (χ0) is 18.3. The van der Waals surface area contributed by atoms with Gasteiger partial charge in [-0.05, 0) is 25.3 Å². The van der Waals surface area contributed by atoms with Crippen molar-refractivity contribution in [1.82, 2.24) is 10.6 Å². The number of rotatable bonds is 14. The second-order valence-corrected chi connectivity index (χ2v) is 7.60. The van der Waals surface area contributed by atoms with Gasteiger partial charge in [-0.2, -0.15) is 0 Å². The maximum absolute atomic E-state index is 12.1. The van der Waals surface area contributed by atoms with Crippen molar-refractivity contribution in [1.29, 1.82) is 0 Å².